The lowest BCUT2D eigenvalue weighted by molar-refractivity contribution is 0.0184. The zero-order valence-corrected chi connectivity index (χ0v) is 13.4. The highest BCUT2D eigenvalue weighted by molar-refractivity contribution is 4.92. The first kappa shape index (κ1) is 13.6. The van der Waals surface area contributed by atoms with Gasteiger partial charge in [0.15, 0.2) is 0 Å². The van der Waals surface area contributed by atoms with Crippen LogP contribution >= 0.6 is 0 Å². The predicted octanol–water partition coefficient (Wildman–Crippen LogP) is 6.20. The van der Waals surface area contributed by atoms with Crippen molar-refractivity contribution in [1.82, 2.24) is 0 Å². The van der Waals surface area contributed by atoms with Crippen molar-refractivity contribution in [1.29, 1.82) is 0 Å². The molecule has 0 nitrogen and oxygen atoms in total. The summed E-state index contributed by atoms with van der Waals surface area (Å²) in [5.41, 5.74) is 0. The van der Waals surface area contributed by atoms with Crippen molar-refractivity contribution in [2.45, 2.75) is 89.9 Å². The second-order valence-electron chi connectivity index (χ2n) is 8.68. The SMILES string of the molecule is C1CCC2CC(C3CCCC4CCCCC43)CCC2C1. The summed E-state index contributed by atoms with van der Waals surface area (Å²) in [6.07, 6.45) is 22.1. The van der Waals surface area contributed by atoms with Crippen LogP contribution in [0, 0.1) is 35.5 Å². The van der Waals surface area contributed by atoms with Crippen LogP contribution in [0.5, 0.6) is 0 Å². The molecular weight excluding hydrogens is 240 g/mol. The highest BCUT2D eigenvalue weighted by Crippen LogP contribution is 2.52. The Bertz CT molecular complexity index is 318. The van der Waals surface area contributed by atoms with Gasteiger partial charge in [0.1, 0.15) is 0 Å². The van der Waals surface area contributed by atoms with Crippen LogP contribution in [0.25, 0.3) is 0 Å². The van der Waals surface area contributed by atoms with Gasteiger partial charge in [-0.15, -0.1) is 0 Å². The van der Waals surface area contributed by atoms with Gasteiger partial charge in [0, 0.05) is 0 Å². The minimum atomic E-state index is 1.14. The molecule has 0 aromatic carbocycles. The zero-order chi connectivity index (χ0) is 13.4. The lowest BCUT2D eigenvalue weighted by Crippen LogP contribution is -2.39. The first-order chi connectivity index (χ1) is 9.92. The highest BCUT2D eigenvalue weighted by atomic mass is 14.5. The molecule has 0 heterocycles. The first-order valence-corrected chi connectivity index (χ1v) is 9.92. The van der Waals surface area contributed by atoms with Gasteiger partial charge in [0.25, 0.3) is 0 Å². The summed E-state index contributed by atoms with van der Waals surface area (Å²) in [7, 11) is 0. The van der Waals surface area contributed by atoms with Gasteiger partial charge in [-0.25, -0.2) is 0 Å². The van der Waals surface area contributed by atoms with Crippen molar-refractivity contribution in [3.63, 3.8) is 0 Å². The van der Waals surface area contributed by atoms with Crippen LogP contribution in [-0.2, 0) is 0 Å². The standard InChI is InChI=1S/C20H34/c1-2-8-17-14-18(13-12-15(17)6-1)20-11-5-9-16-7-3-4-10-19(16)20/h15-20H,1-14H2. The van der Waals surface area contributed by atoms with E-state index in [1.807, 2.05) is 0 Å². The predicted molar refractivity (Wildman–Crippen MR) is 85.6 cm³/mol. The first-order valence-electron chi connectivity index (χ1n) is 9.92. The summed E-state index contributed by atoms with van der Waals surface area (Å²) in [4.78, 5) is 0. The third kappa shape index (κ3) is 2.57. The smallest absolute Gasteiger partial charge is 0.0355 e. The second-order valence-corrected chi connectivity index (χ2v) is 8.68. The molecule has 0 aliphatic heterocycles. The van der Waals surface area contributed by atoms with Crippen LogP contribution in [0.1, 0.15) is 89.9 Å². The molecule has 0 bridgehead atoms. The minimum Gasteiger partial charge on any atom is -0.0530 e. The number of fused-ring (bicyclic) bond motifs is 2. The molecule has 4 aliphatic rings. The summed E-state index contributed by atoms with van der Waals surface area (Å²) in [5, 5.41) is 0. The third-order valence-corrected chi connectivity index (χ3v) is 7.82. The highest BCUT2D eigenvalue weighted by Gasteiger charge is 2.42. The topological polar surface area (TPSA) is 0 Å². The summed E-state index contributed by atoms with van der Waals surface area (Å²) in [5.74, 6) is 6.88. The van der Waals surface area contributed by atoms with E-state index in [-0.39, 0.29) is 0 Å². The molecule has 0 heteroatoms. The molecule has 114 valence electrons. The van der Waals surface area contributed by atoms with Crippen LogP contribution in [0.15, 0.2) is 0 Å². The molecular formula is C20H34. The second kappa shape index (κ2) is 6.01. The number of hydrogen-bond acceptors (Lipinski definition) is 0. The quantitative estimate of drug-likeness (QED) is 0.534. The fourth-order valence-corrected chi connectivity index (χ4v) is 6.87. The van der Waals surface area contributed by atoms with Crippen LogP contribution in [-0.4, -0.2) is 0 Å². The largest absolute Gasteiger partial charge is 0.0530 e. The van der Waals surface area contributed by atoms with Crippen molar-refractivity contribution < 1.29 is 0 Å². The average Bonchev–Trinajstić information content (AvgIpc) is 2.54. The summed E-state index contributed by atoms with van der Waals surface area (Å²) in [6.45, 7) is 0. The fourth-order valence-electron chi connectivity index (χ4n) is 6.87. The fraction of sp³-hybridized carbons (Fsp3) is 1.00. The molecule has 6 atom stereocenters. The Kier molecular flexibility index (Phi) is 4.10. The lowest BCUT2D eigenvalue weighted by Gasteiger charge is -2.49. The van der Waals surface area contributed by atoms with Gasteiger partial charge in [-0.05, 0) is 67.6 Å². The molecule has 6 unspecified atom stereocenters. The Morgan fingerprint density at radius 1 is 0.350 bits per heavy atom. The molecule has 4 fully saturated rings. The van der Waals surface area contributed by atoms with E-state index in [0.717, 1.165) is 35.5 Å². The van der Waals surface area contributed by atoms with Gasteiger partial charge in [0.2, 0.25) is 0 Å². The van der Waals surface area contributed by atoms with E-state index in [4.69, 9.17) is 0 Å². The summed E-state index contributed by atoms with van der Waals surface area (Å²) >= 11 is 0. The summed E-state index contributed by atoms with van der Waals surface area (Å²) < 4.78 is 0. The van der Waals surface area contributed by atoms with E-state index in [9.17, 15) is 0 Å². The van der Waals surface area contributed by atoms with E-state index in [0.29, 0.717) is 0 Å². The molecule has 0 aromatic rings. The summed E-state index contributed by atoms with van der Waals surface area (Å²) in [6, 6.07) is 0. The normalized spacial score (nSPS) is 49.2. The molecule has 0 amide bonds. The number of hydrogen-bond donors (Lipinski definition) is 0. The molecule has 0 aromatic heterocycles. The third-order valence-electron chi connectivity index (χ3n) is 7.82. The van der Waals surface area contributed by atoms with Gasteiger partial charge in [-0.3, -0.25) is 0 Å². The van der Waals surface area contributed by atoms with E-state index < -0.39 is 0 Å². The van der Waals surface area contributed by atoms with Gasteiger partial charge >= 0.3 is 0 Å². The Hall–Kier alpha value is 0. The maximum Gasteiger partial charge on any atom is -0.0355 e. The maximum absolute atomic E-state index is 1.64. The molecule has 4 saturated carbocycles. The zero-order valence-electron chi connectivity index (χ0n) is 13.4. The molecule has 20 heavy (non-hydrogen) atoms. The van der Waals surface area contributed by atoms with Crippen LogP contribution in [0.4, 0.5) is 0 Å². The van der Waals surface area contributed by atoms with Crippen molar-refractivity contribution in [3.05, 3.63) is 0 Å². The van der Waals surface area contributed by atoms with Gasteiger partial charge in [0.05, 0.1) is 0 Å². The Morgan fingerprint density at radius 3 is 1.80 bits per heavy atom. The van der Waals surface area contributed by atoms with Crippen LogP contribution in [0.2, 0.25) is 0 Å². The molecule has 4 rings (SSSR count). The molecule has 0 spiro atoms. The van der Waals surface area contributed by atoms with Crippen LogP contribution < -0.4 is 0 Å². The molecule has 4 aliphatic carbocycles. The Morgan fingerprint density at radius 2 is 0.900 bits per heavy atom. The monoisotopic (exact) mass is 274 g/mol. The van der Waals surface area contributed by atoms with Gasteiger partial charge in [-0.1, -0.05) is 57.8 Å². The van der Waals surface area contributed by atoms with Crippen molar-refractivity contribution in [2.75, 3.05) is 0 Å². The van der Waals surface area contributed by atoms with Crippen LogP contribution in [0.3, 0.4) is 0 Å². The van der Waals surface area contributed by atoms with E-state index >= 15 is 0 Å². The maximum atomic E-state index is 1.64. The lowest BCUT2D eigenvalue weighted by atomic mass is 9.57. The Balaban J connectivity index is 1.43. The van der Waals surface area contributed by atoms with Gasteiger partial charge in [-0.2, -0.15) is 0 Å². The van der Waals surface area contributed by atoms with Crippen molar-refractivity contribution in [3.8, 4) is 0 Å². The van der Waals surface area contributed by atoms with E-state index in [1.165, 1.54) is 0 Å². The molecule has 0 saturated heterocycles. The van der Waals surface area contributed by atoms with Crippen molar-refractivity contribution in [2.24, 2.45) is 35.5 Å². The molecule has 0 N–H and O–H groups in total. The van der Waals surface area contributed by atoms with Gasteiger partial charge < -0.3 is 0 Å². The Labute approximate surface area is 126 Å². The molecule has 0 radical (unpaired) electrons. The average molecular weight is 274 g/mol. The minimum absolute atomic E-state index is 1.14. The van der Waals surface area contributed by atoms with Crippen molar-refractivity contribution >= 4 is 0 Å². The van der Waals surface area contributed by atoms with E-state index in [2.05, 4.69) is 0 Å². The van der Waals surface area contributed by atoms with E-state index in [1.54, 1.807) is 89.9 Å². The number of rotatable bonds is 1.